The van der Waals surface area contributed by atoms with E-state index in [4.69, 9.17) is 10.3 Å². The average molecular weight is 351 g/mol. The van der Waals surface area contributed by atoms with Crippen molar-refractivity contribution in [1.82, 2.24) is 25.1 Å². The molecule has 26 heavy (non-hydrogen) atoms. The summed E-state index contributed by atoms with van der Waals surface area (Å²) in [7, 11) is 0. The van der Waals surface area contributed by atoms with E-state index >= 15 is 0 Å². The van der Waals surface area contributed by atoms with Gasteiger partial charge in [-0.2, -0.15) is 4.98 Å². The molecule has 4 rings (SSSR count). The zero-order valence-electron chi connectivity index (χ0n) is 13.9. The molecule has 1 amide bonds. The number of pyridine rings is 1. The van der Waals surface area contributed by atoms with Crippen molar-refractivity contribution in [2.75, 3.05) is 18.0 Å². The highest BCUT2D eigenvalue weighted by molar-refractivity contribution is 5.77. The minimum absolute atomic E-state index is 0.0860. The monoisotopic (exact) mass is 351 g/mol. The molecule has 9 nitrogen and oxygen atoms in total. The van der Waals surface area contributed by atoms with Gasteiger partial charge in [0.15, 0.2) is 0 Å². The number of rotatable bonds is 4. The molecule has 1 fully saturated rings. The van der Waals surface area contributed by atoms with Crippen molar-refractivity contribution in [3.63, 3.8) is 0 Å². The Balaban J connectivity index is 1.61. The minimum atomic E-state index is -0.245. The quantitative estimate of drug-likeness (QED) is 0.745. The highest BCUT2D eigenvalue weighted by Gasteiger charge is 2.26. The molecule has 9 heteroatoms. The topological polar surface area (TPSA) is 124 Å². The highest BCUT2D eigenvalue weighted by Crippen LogP contribution is 2.31. The second kappa shape index (κ2) is 6.87. The largest absolute Gasteiger partial charge is 0.369 e. The van der Waals surface area contributed by atoms with Crippen LogP contribution in [0.25, 0.3) is 22.8 Å². The molecule has 1 aliphatic heterocycles. The molecule has 0 aromatic carbocycles. The number of carbonyl (C=O) groups is 1. The van der Waals surface area contributed by atoms with E-state index in [0.29, 0.717) is 49.0 Å². The third-order valence-corrected chi connectivity index (χ3v) is 4.46. The fourth-order valence-electron chi connectivity index (χ4n) is 3.05. The molecule has 2 N–H and O–H groups in total. The van der Waals surface area contributed by atoms with Crippen molar-refractivity contribution in [3.05, 3.63) is 37.1 Å². The second-order valence-corrected chi connectivity index (χ2v) is 6.09. The predicted octanol–water partition coefficient (Wildman–Crippen LogP) is 1.29. The van der Waals surface area contributed by atoms with Crippen LogP contribution in [0.1, 0.15) is 12.8 Å². The predicted molar refractivity (Wildman–Crippen MR) is 92.7 cm³/mol. The maximum absolute atomic E-state index is 11.4. The molecule has 0 aliphatic carbocycles. The lowest BCUT2D eigenvalue weighted by Crippen LogP contribution is -2.39. The lowest BCUT2D eigenvalue weighted by atomic mass is 9.96. The molecule has 0 bridgehead atoms. The number of hydrogen-bond donors (Lipinski definition) is 1. The molecular weight excluding hydrogens is 334 g/mol. The lowest BCUT2D eigenvalue weighted by molar-refractivity contribution is -0.122. The number of aromatic nitrogens is 5. The van der Waals surface area contributed by atoms with Gasteiger partial charge in [0.1, 0.15) is 17.7 Å². The molecule has 3 aromatic rings. The summed E-state index contributed by atoms with van der Waals surface area (Å²) in [5.74, 6) is 1.18. The molecule has 0 spiro atoms. The molecule has 0 atom stereocenters. The fraction of sp³-hybridized carbons (Fsp3) is 0.294. The van der Waals surface area contributed by atoms with Crippen LogP contribution >= 0.6 is 0 Å². The normalized spacial score (nSPS) is 15.2. The van der Waals surface area contributed by atoms with Crippen molar-refractivity contribution < 1.29 is 9.32 Å². The zero-order valence-corrected chi connectivity index (χ0v) is 13.9. The molecule has 1 saturated heterocycles. The maximum atomic E-state index is 11.4. The third-order valence-electron chi connectivity index (χ3n) is 4.46. The van der Waals surface area contributed by atoms with Crippen LogP contribution in [0.5, 0.6) is 0 Å². The third kappa shape index (κ3) is 3.10. The van der Waals surface area contributed by atoms with Gasteiger partial charge in [-0.1, -0.05) is 5.16 Å². The van der Waals surface area contributed by atoms with Crippen LogP contribution in [-0.2, 0) is 4.79 Å². The van der Waals surface area contributed by atoms with Gasteiger partial charge < -0.3 is 15.2 Å². The van der Waals surface area contributed by atoms with Crippen LogP contribution in [0.15, 0.2) is 41.6 Å². The molecule has 0 saturated carbocycles. The molecule has 0 radical (unpaired) electrons. The summed E-state index contributed by atoms with van der Waals surface area (Å²) >= 11 is 0. The molecule has 3 aromatic heterocycles. The number of anilines is 1. The summed E-state index contributed by atoms with van der Waals surface area (Å²) in [6.07, 6.45) is 7.89. The van der Waals surface area contributed by atoms with E-state index in [0.717, 1.165) is 5.56 Å². The summed E-state index contributed by atoms with van der Waals surface area (Å²) in [5.41, 5.74) is 6.84. The van der Waals surface area contributed by atoms with Crippen LogP contribution in [0, 0.1) is 5.92 Å². The van der Waals surface area contributed by atoms with E-state index in [1.807, 2.05) is 12.1 Å². The van der Waals surface area contributed by atoms with Crippen LogP contribution in [0.4, 0.5) is 5.82 Å². The summed E-state index contributed by atoms with van der Waals surface area (Å²) in [5, 5.41) is 4.02. The first kappa shape index (κ1) is 16.1. The van der Waals surface area contributed by atoms with Gasteiger partial charge in [-0.05, 0) is 25.0 Å². The molecule has 0 unspecified atom stereocenters. The SMILES string of the molecule is NC(=O)C1CCN(c2ncncc2-c2nc(-c3cccnc3)no2)CC1. The number of nitrogens with two attached hydrogens (primary N) is 1. The smallest absolute Gasteiger partial charge is 0.263 e. The first-order valence-electron chi connectivity index (χ1n) is 8.31. The maximum Gasteiger partial charge on any atom is 0.263 e. The minimum Gasteiger partial charge on any atom is -0.369 e. The van der Waals surface area contributed by atoms with E-state index in [2.05, 4.69) is 30.0 Å². The molecule has 1 aliphatic rings. The highest BCUT2D eigenvalue weighted by atomic mass is 16.5. The van der Waals surface area contributed by atoms with Crippen molar-refractivity contribution in [2.24, 2.45) is 11.7 Å². The average Bonchev–Trinajstić information content (AvgIpc) is 3.19. The van der Waals surface area contributed by atoms with E-state index in [1.54, 1.807) is 18.6 Å². The summed E-state index contributed by atoms with van der Waals surface area (Å²) in [6.45, 7) is 1.36. The first-order chi connectivity index (χ1) is 12.7. The summed E-state index contributed by atoms with van der Waals surface area (Å²) in [6, 6.07) is 3.67. The number of carbonyl (C=O) groups excluding carboxylic acids is 1. The molecular formula is C17H17N7O2. The van der Waals surface area contributed by atoms with Gasteiger partial charge in [0.2, 0.25) is 11.7 Å². The Bertz CT molecular complexity index is 904. The number of nitrogens with zero attached hydrogens (tertiary/aromatic N) is 6. The van der Waals surface area contributed by atoms with Crippen LogP contribution in [0.2, 0.25) is 0 Å². The van der Waals surface area contributed by atoms with E-state index < -0.39 is 0 Å². The number of hydrogen-bond acceptors (Lipinski definition) is 8. The first-order valence-corrected chi connectivity index (χ1v) is 8.31. The van der Waals surface area contributed by atoms with Crippen LogP contribution in [-0.4, -0.2) is 44.1 Å². The van der Waals surface area contributed by atoms with Crippen molar-refractivity contribution in [2.45, 2.75) is 12.8 Å². The van der Waals surface area contributed by atoms with E-state index in [9.17, 15) is 4.79 Å². The van der Waals surface area contributed by atoms with Crippen molar-refractivity contribution in [1.29, 1.82) is 0 Å². The zero-order chi connectivity index (χ0) is 17.9. The van der Waals surface area contributed by atoms with Gasteiger partial charge in [-0.3, -0.25) is 9.78 Å². The van der Waals surface area contributed by atoms with Gasteiger partial charge in [0, 0.05) is 43.2 Å². The Morgan fingerprint density at radius 3 is 2.81 bits per heavy atom. The Hall–Kier alpha value is -3.36. The fourth-order valence-corrected chi connectivity index (χ4v) is 3.05. The Morgan fingerprint density at radius 1 is 1.23 bits per heavy atom. The Kier molecular flexibility index (Phi) is 4.26. The Labute approximate surface area is 149 Å². The van der Waals surface area contributed by atoms with Gasteiger partial charge >= 0.3 is 0 Å². The molecule has 4 heterocycles. The number of primary amides is 1. The summed E-state index contributed by atoms with van der Waals surface area (Å²) in [4.78, 5) is 30.4. The van der Waals surface area contributed by atoms with Crippen LogP contribution < -0.4 is 10.6 Å². The molecule has 132 valence electrons. The lowest BCUT2D eigenvalue weighted by Gasteiger charge is -2.31. The van der Waals surface area contributed by atoms with E-state index in [1.165, 1.54) is 6.33 Å². The van der Waals surface area contributed by atoms with Gasteiger partial charge in [0.25, 0.3) is 5.89 Å². The van der Waals surface area contributed by atoms with Gasteiger partial charge in [-0.15, -0.1) is 0 Å². The second-order valence-electron chi connectivity index (χ2n) is 6.09. The number of piperidine rings is 1. The van der Waals surface area contributed by atoms with Crippen molar-refractivity contribution >= 4 is 11.7 Å². The van der Waals surface area contributed by atoms with Gasteiger partial charge in [-0.25, -0.2) is 9.97 Å². The van der Waals surface area contributed by atoms with E-state index in [-0.39, 0.29) is 11.8 Å². The number of amides is 1. The standard InChI is InChI=1S/C17H17N7O2/c18-14(25)11-3-6-24(7-4-11)16-13(9-20-10-21-16)17-22-15(23-26-17)12-2-1-5-19-8-12/h1-2,5,8-11H,3-4,6-7H2,(H2,18,25). The Morgan fingerprint density at radius 2 is 2.08 bits per heavy atom. The van der Waals surface area contributed by atoms with Crippen molar-refractivity contribution in [3.8, 4) is 22.8 Å². The van der Waals surface area contributed by atoms with Gasteiger partial charge in [0.05, 0.1) is 0 Å². The van der Waals surface area contributed by atoms with Crippen LogP contribution in [0.3, 0.4) is 0 Å². The summed E-state index contributed by atoms with van der Waals surface area (Å²) < 4.78 is 5.43.